The van der Waals surface area contributed by atoms with Gasteiger partial charge in [0.1, 0.15) is 0 Å². The Hall–Kier alpha value is 0.230. The molecule has 2 N–H and O–H groups in total. The first-order valence-electron chi connectivity index (χ1n) is 3.81. The van der Waals surface area contributed by atoms with Crippen LogP contribution in [0.5, 0.6) is 0 Å². The zero-order chi connectivity index (χ0) is 8.10. The molecule has 1 saturated heterocycles. The van der Waals surface area contributed by atoms with Gasteiger partial charge in [0.25, 0.3) is 0 Å². The van der Waals surface area contributed by atoms with Gasteiger partial charge in [0.15, 0.2) is 0 Å². The van der Waals surface area contributed by atoms with Crippen molar-refractivity contribution in [2.75, 3.05) is 25.6 Å². The highest BCUT2D eigenvalue weighted by Crippen LogP contribution is 2.20. The molecule has 0 aromatic rings. The van der Waals surface area contributed by atoms with Crippen LogP contribution < -0.4 is 0 Å². The normalized spacial score (nSPS) is 27.3. The predicted octanol–water partition coefficient (Wildman–Crippen LogP) is -0.138. The summed E-state index contributed by atoms with van der Waals surface area (Å²) in [5, 5.41) is 18.0. The molecule has 2 unspecified atom stereocenters. The molecule has 0 saturated carbocycles. The van der Waals surface area contributed by atoms with Crippen LogP contribution in [0.3, 0.4) is 0 Å². The van der Waals surface area contributed by atoms with Crippen LogP contribution >= 0.6 is 11.8 Å². The smallest absolute Gasteiger partial charge is 0.0861 e. The molecule has 1 rings (SSSR count). The summed E-state index contributed by atoms with van der Waals surface area (Å²) in [5.74, 6) is 0.616. The first-order chi connectivity index (χ1) is 5.33. The monoisotopic (exact) mass is 178 g/mol. The highest BCUT2D eigenvalue weighted by molar-refractivity contribution is 7.99. The van der Waals surface area contributed by atoms with Crippen molar-refractivity contribution in [3.05, 3.63) is 0 Å². The van der Waals surface area contributed by atoms with Gasteiger partial charge in [-0.15, -0.1) is 0 Å². The number of aliphatic hydroxyl groups is 2. The van der Waals surface area contributed by atoms with Gasteiger partial charge in [-0.2, -0.15) is 11.8 Å². The van der Waals surface area contributed by atoms with Crippen LogP contribution in [0.25, 0.3) is 0 Å². The van der Waals surface area contributed by atoms with Gasteiger partial charge in [-0.25, -0.2) is 0 Å². The number of rotatable bonds is 4. The van der Waals surface area contributed by atoms with E-state index >= 15 is 0 Å². The van der Waals surface area contributed by atoms with Crippen molar-refractivity contribution in [1.82, 2.24) is 0 Å². The van der Waals surface area contributed by atoms with Gasteiger partial charge >= 0.3 is 0 Å². The third-order valence-electron chi connectivity index (χ3n) is 1.62. The summed E-state index contributed by atoms with van der Waals surface area (Å²) >= 11 is 1.68. The number of thioether (sulfide) groups is 1. The Morgan fingerprint density at radius 2 is 2.45 bits per heavy atom. The lowest BCUT2D eigenvalue weighted by Gasteiger charge is -2.09. The minimum atomic E-state index is -0.569. The number of hydrogen-bond acceptors (Lipinski definition) is 4. The summed E-state index contributed by atoms with van der Waals surface area (Å²) in [6.07, 6.45) is 0.503. The van der Waals surface area contributed by atoms with Crippen LogP contribution in [0, 0.1) is 0 Å². The first kappa shape index (κ1) is 9.32. The lowest BCUT2D eigenvalue weighted by Crippen LogP contribution is -2.17. The van der Waals surface area contributed by atoms with Crippen molar-refractivity contribution in [3.63, 3.8) is 0 Å². The molecule has 1 aliphatic heterocycles. The lowest BCUT2D eigenvalue weighted by molar-refractivity contribution is 0.113. The van der Waals surface area contributed by atoms with Gasteiger partial charge in [-0.05, 0) is 6.42 Å². The average Bonchev–Trinajstić information content (AvgIpc) is 2.52. The number of hydrogen-bond donors (Lipinski definition) is 2. The van der Waals surface area contributed by atoms with Gasteiger partial charge in [0, 0.05) is 17.6 Å². The van der Waals surface area contributed by atoms with E-state index in [2.05, 4.69) is 0 Å². The molecule has 4 heteroatoms. The lowest BCUT2D eigenvalue weighted by atomic mass is 10.4. The van der Waals surface area contributed by atoms with Crippen molar-refractivity contribution in [2.24, 2.45) is 0 Å². The largest absolute Gasteiger partial charge is 0.394 e. The van der Waals surface area contributed by atoms with E-state index in [0.717, 1.165) is 19.6 Å². The van der Waals surface area contributed by atoms with E-state index in [4.69, 9.17) is 14.9 Å². The molecule has 3 nitrogen and oxygen atoms in total. The van der Waals surface area contributed by atoms with Crippen molar-refractivity contribution >= 4 is 11.8 Å². The van der Waals surface area contributed by atoms with E-state index in [1.54, 1.807) is 11.8 Å². The molecule has 2 atom stereocenters. The molecule has 1 heterocycles. The molecule has 0 aliphatic carbocycles. The highest BCUT2D eigenvalue weighted by Gasteiger charge is 2.16. The second-order valence-corrected chi connectivity index (χ2v) is 3.99. The van der Waals surface area contributed by atoms with Crippen molar-refractivity contribution in [2.45, 2.75) is 17.8 Å². The summed E-state index contributed by atoms with van der Waals surface area (Å²) in [4.78, 5) is 0. The Labute approximate surface area is 70.7 Å². The quantitative estimate of drug-likeness (QED) is 0.629. The van der Waals surface area contributed by atoms with E-state index in [9.17, 15) is 0 Å². The molecule has 1 fully saturated rings. The Kier molecular flexibility index (Phi) is 4.22. The van der Waals surface area contributed by atoms with Crippen molar-refractivity contribution < 1.29 is 14.9 Å². The van der Waals surface area contributed by atoms with Gasteiger partial charge in [0.05, 0.1) is 19.3 Å². The van der Waals surface area contributed by atoms with E-state index in [1.807, 2.05) is 0 Å². The number of ether oxygens (including phenoxy) is 1. The van der Waals surface area contributed by atoms with E-state index in [-0.39, 0.29) is 6.61 Å². The summed E-state index contributed by atoms with van der Waals surface area (Å²) in [6, 6.07) is 0. The molecule has 1 aliphatic rings. The van der Waals surface area contributed by atoms with Gasteiger partial charge in [0.2, 0.25) is 0 Å². The molecule has 0 amide bonds. The van der Waals surface area contributed by atoms with Crippen LogP contribution in [-0.4, -0.2) is 47.1 Å². The molecular formula is C7H14O3S. The Balaban J connectivity index is 2.01. The zero-order valence-electron chi connectivity index (χ0n) is 6.40. The van der Waals surface area contributed by atoms with Gasteiger partial charge in [-0.1, -0.05) is 0 Å². The van der Waals surface area contributed by atoms with Crippen LogP contribution in [0.4, 0.5) is 0 Å². The fourth-order valence-corrected chi connectivity index (χ4v) is 2.00. The second kappa shape index (κ2) is 4.98. The van der Waals surface area contributed by atoms with Crippen LogP contribution in [0.15, 0.2) is 0 Å². The number of aliphatic hydroxyl groups excluding tert-OH is 2. The maximum absolute atomic E-state index is 9.01. The topological polar surface area (TPSA) is 49.7 Å². The Morgan fingerprint density at radius 1 is 1.64 bits per heavy atom. The maximum atomic E-state index is 9.01. The minimum absolute atomic E-state index is 0.138. The molecule has 0 aromatic heterocycles. The van der Waals surface area contributed by atoms with Crippen LogP contribution in [0.2, 0.25) is 0 Å². The third kappa shape index (κ3) is 3.42. The highest BCUT2D eigenvalue weighted by atomic mass is 32.2. The van der Waals surface area contributed by atoms with Crippen molar-refractivity contribution in [1.29, 1.82) is 0 Å². The van der Waals surface area contributed by atoms with E-state index in [0.29, 0.717) is 11.0 Å². The maximum Gasteiger partial charge on any atom is 0.0861 e. The SMILES string of the molecule is OCC(O)CSC1CCOC1. The summed E-state index contributed by atoms with van der Waals surface area (Å²) in [5.41, 5.74) is 0. The Morgan fingerprint density at radius 3 is 3.00 bits per heavy atom. The molecule has 0 bridgehead atoms. The van der Waals surface area contributed by atoms with Crippen LogP contribution in [-0.2, 0) is 4.74 Å². The standard InChI is InChI=1S/C7H14O3S/c8-3-6(9)5-11-7-1-2-10-4-7/h6-9H,1-5H2. The average molecular weight is 178 g/mol. The molecule has 0 spiro atoms. The Bertz CT molecular complexity index is 104. The first-order valence-corrected chi connectivity index (χ1v) is 4.86. The molecule has 0 radical (unpaired) electrons. The predicted molar refractivity (Wildman–Crippen MR) is 44.8 cm³/mol. The zero-order valence-corrected chi connectivity index (χ0v) is 7.22. The van der Waals surface area contributed by atoms with E-state index in [1.165, 1.54) is 0 Å². The molecular weight excluding hydrogens is 164 g/mol. The fraction of sp³-hybridized carbons (Fsp3) is 1.00. The van der Waals surface area contributed by atoms with Gasteiger partial charge in [-0.3, -0.25) is 0 Å². The molecule has 0 aromatic carbocycles. The van der Waals surface area contributed by atoms with Gasteiger partial charge < -0.3 is 14.9 Å². The van der Waals surface area contributed by atoms with Crippen molar-refractivity contribution in [3.8, 4) is 0 Å². The molecule has 66 valence electrons. The summed E-state index contributed by atoms with van der Waals surface area (Å²) in [7, 11) is 0. The van der Waals surface area contributed by atoms with Crippen LogP contribution in [0.1, 0.15) is 6.42 Å². The third-order valence-corrected chi connectivity index (χ3v) is 3.04. The molecule has 11 heavy (non-hydrogen) atoms. The fourth-order valence-electron chi connectivity index (χ4n) is 0.944. The minimum Gasteiger partial charge on any atom is -0.394 e. The summed E-state index contributed by atoms with van der Waals surface area (Å²) < 4.78 is 5.16. The van der Waals surface area contributed by atoms with E-state index < -0.39 is 6.10 Å². The second-order valence-electron chi connectivity index (χ2n) is 2.66. The summed E-state index contributed by atoms with van der Waals surface area (Å²) in [6.45, 7) is 1.50.